The Morgan fingerprint density at radius 3 is 2.43 bits per heavy atom. The molecule has 0 saturated carbocycles. The van der Waals surface area contributed by atoms with Crippen LogP contribution in [0, 0.1) is 13.8 Å². The van der Waals surface area contributed by atoms with Crippen LogP contribution in [0.15, 0.2) is 76.4 Å². The fourth-order valence-corrected chi connectivity index (χ4v) is 6.49. The molecule has 0 bridgehead atoms. The van der Waals surface area contributed by atoms with Gasteiger partial charge in [-0.25, -0.2) is 8.42 Å². The molecule has 7 nitrogen and oxygen atoms in total. The van der Waals surface area contributed by atoms with Crippen LogP contribution in [0.25, 0.3) is 10.2 Å². The lowest BCUT2D eigenvalue weighted by molar-refractivity contribution is -0.114. The second-order valence-corrected chi connectivity index (χ2v) is 11.5. The molecule has 4 aromatic rings. The fraction of sp³-hybridized carbons (Fsp3) is 0.231. The number of aromatic nitrogens is 1. The van der Waals surface area contributed by atoms with Gasteiger partial charge in [0.1, 0.15) is 6.54 Å². The summed E-state index contributed by atoms with van der Waals surface area (Å²) in [5.74, 6) is -0.486. The molecule has 1 aromatic heterocycles. The largest absolute Gasteiger partial charge is 0.324 e. The molecule has 0 atom stereocenters. The summed E-state index contributed by atoms with van der Waals surface area (Å²) in [6.07, 6.45) is 0. The highest BCUT2D eigenvalue weighted by Gasteiger charge is 2.28. The topological polar surface area (TPSA) is 88.5 Å². The Morgan fingerprint density at radius 2 is 1.74 bits per heavy atom. The first-order chi connectivity index (χ1) is 16.6. The predicted molar refractivity (Wildman–Crippen MR) is 142 cm³/mol. The fourth-order valence-electron chi connectivity index (χ4n) is 3.94. The molecule has 0 saturated heterocycles. The minimum absolute atomic E-state index is 0.0195. The number of carbonyl (C=O) groups excluding carboxylic acids is 1. The highest BCUT2D eigenvalue weighted by atomic mass is 32.2. The Kier molecular flexibility index (Phi) is 6.82. The van der Waals surface area contributed by atoms with E-state index >= 15 is 0 Å². The van der Waals surface area contributed by atoms with Gasteiger partial charge in [-0.1, -0.05) is 41.7 Å². The molecule has 35 heavy (non-hydrogen) atoms. The summed E-state index contributed by atoms with van der Waals surface area (Å²) in [5.41, 5.74) is 3.37. The van der Waals surface area contributed by atoms with Crippen molar-refractivity contribution < 1.29 is 13.2 Å². The number of amides is 1. The number of thiazole rings is 1. The molecular weight excluding hydrogens is 482 g/mol. The summed E-state index contributed by atoms with van der Waals surface area (Å²) in [7, 11) is -4.00. The van der Waals surface area contributed by atoms with E-state index in [2.05, 4.69) is 5.32 Å². The molecule has 182 valence electrons. The van der Waals surface area contributed by atoms with E-state index in [9.17, 15) is 18.0 Å². The van der Waals surface area contributed by atoms with Crippen molar-refractivity contribution in [2.45, 2.75) is 38.6 Å². The van der Waals surface area contributed by atoms with E-state index in [1.165, 1.54) is 12.1 Å². The smallest absolute Gasteiger partial charge is 0.308 e. The summed E-state index contributed by atoms with van der Waals surface area (Å²) in [6, 6.07) is 18.9. The van der Waals surface area contributed by atoms with Gasteiger partial charge in [-0.05, 0) is 75.2 Å². The first-order valence-electron chi connectivity index (χ1n) is 11.2. The zero-order valence-electron chi connectivity index (χ0n) is 20.0. The van der Waals surface area contributed by atoms with E-state index in [0.29, 0.717) is 11.4 Å². The van der Waals surface area contributed by atoms with Crippen molar-refractivity contribution in [3.05, 3.63) is 87.5 Å². The molecule has 1 heterocycles. The van der Waals surface area contributed by atoms with E-state index in [1.54, 1.807) is 47.0 Å². The molecule has 0 aliphatic carbocycles. The van der Waals surface area contributed by atoms with E-state index in [1.807, 2.05) is 39.8 Å². The zero-order chi connectivity index (χ0) is 25.3. The number of fused-ring (bicyclic) bond motifs is 1. The summed E-state index contributed by atoms with van der Waals surface area (Å²) >= 11 is 1.11. The van der Waals surface area contributed by atoms with Crippen LogP contribution in [-0.2, 0) is 14.8 Å². The van der Waals surface area contributed by atoms with Crippen LogP contribution in [-0.4, -0.2) is 25.4 Å². The SMILES string of the molecule is Cc1ccc(C)c(N(CC(=O)Nc2ccc3c(c2)sc(=O)n3C(C)C)S(=O)(=O)c2ccccc2)c1. The monoisotopic (exact) mass is 509 g/mol. The van der Waals surface area contributed by atoms with E-state index in [0.717, 1.165) is 37.0 Å². The normalized spacial score (nSPS) is 11.7. The number of benzene rings is 3. The lowest BCUT2D eigenvalue weighted by Crippen LogP contribution is -2.38. The van der Waals surface area contributed by atoms with E-state index < -0.39 is 22.5 Å². The number of aryl methyl sites for hydroxylation is 2. The summed E-state index contributed by atoms with van der Waals surface area (Å²) in [6.45, 7) is 7.18. The minimum atomic E-state index is -4.00. The van der Waals surface area contributed by atoms with Gasteiger partial charge in [0.25, 0.3) is 10.0 Å². The molecule has 0 aliphatic rings. The van der Waals surface area contributed by atoms with E-state index in [4.69, 9.17) is 0 Å². The number of rotatable bonds is 7. The third kappa shape index (κ3) is 5.01. The van der Waals surface area contributed by atoms with Crippen molar-refractivity contribution in [2.75, 3.05) is 16.2 Å². The van der Waals surface area contributed by atoms with Gasteiger partial charge in [0.15, 0.2) is 0 Å². The zero-order valence-corrected chi connectivity index (χ0v) is 21.6. The molecular formula is C26H27N3O4S2. The first kappa shape index (κ1) is 24.7. The third-order valence-corrected chi connectivity index (χ3v) is 8.36. The van der Waals surface area contributed by atoms with Gasteiger partial charge in [-0.2, -0.15) is 0 Å². The van der Waals surface area contributed by atoms with Crippen molar-refractivity contribution in [3.63, 3.8) is 0 Å². The molecule has 0 fully saturated rings. The number of carbonyl (C=O) groups is 1. The van der Waals surface area contributed by atoms with Crippen LogP contribution in [0.2, 0.25) is 0 Å². The van der Waals surface area contributed by atoms with Gasteiger partial charge in [-0.15, -0.1) is 0 Å². The molecule has 0 radical (unpaired) electrons. The van der Waals surface area contributed by atoms with Crippen molar-refractivity contribution in [2.24, 2.45) is 0 Å². The molecule has 0 unspecified atom stereocenters. The molecule has 1 amide bonds. The molecule has 3 aromatic carbocycles. The summed E-state index contributed by atoms with van der Waals surface area (Å²) in [5, 5.41) is 2.80. The predicted octanol–water partition coefficient (Wildman–Crippen LogP) is 5.09. The van der Waals surface area contributed by atoms with Crippen LogP contribution in [0.3, 0.4) is 0 Å². The molecule has 4 rings (SSSR count). The number of nitrogens with one attached hydrogen (secondary N) is 1. The number of hydrogen-bond acceptors (Lipinski definition) is 5. The Balaban J connectivity index is 1.67. The molecule has 0 spiro atoms. The van der Waals surface area contributed by atoms with Gasteiger partial charge in [-0.3, -0.25) is 18.5 Å². The Morgan fingerprint density at radius 1 is 1.03 bits per heavy atom. The van der Waals surface area contributed by atoms with Crippen molar-refractivity contribution >= 4 is 48.9 Å². The molecule has 9 heteroatoms. The lowest BCUT2D eigenvalue weighted by Gasteiger charge is -2.26. The highest BCUT2D eigenvalue weighted by molar-refractivity contribution is 7.92. The van der Waals surface area contributed by atoms with Gasteiger partial charge in [0.05, 0.1) is 20.8 Å². The van der Waals surface area contributed by atoms with Gasteiger partial charge >= 0.3 is 4.87 Å². The maximum Gasteiger partial charge on any atom is 0.308 e. The number of nitrogens with zero attached hydrogens (tertiary/aromatic N) is 2. The quantitative estimate of drug-likeness (QED) is 0.376. The maximum absolute atomic E-state index is 13.6. The van der Waals surface area contributed by atoms with Crippen molar-refractivity contribution in [1.29, 1.82) is 0 Å². The average Bonchev–Trinajstić information content (AvgIpc) is 3.14. The Bertz CT molecular complexity index is 1550. The number of sulfonamides is 1. The molecule has 1 N–H and O–H groups in total. The van der Waals surface area contributed by atoms with Crippen molar-refractivity contribution in [3.8, 4) is 0 Å². The summed E-state index contributed by atoms with van der Waals surface area (Å²) in [4.78, 5) is 25.5. The summed E-state index contributed by atoms with van der Waals surface area (Å²) < 4.78 is 30.8. The second kappa shape index (κ2) is 9.67. The highest BCUT2D eigenvalue weighted by Crippen LogP contribution is 2.28. The first-order valence-corrected chi connectivity index (χ1v) is 13.4. The van der Waals surface area contributed by atoms with E-state index in [-0.39, 0.29) is 15.8 Å². The second-order valence-electron chi connectivity index (χ2n) is 8.68. The van der Waals surface area contributed by atoms with Gasteiger partial charge in [0, 0.05) is 11.7 Å². The average molecular weight is 510 g/mol. The van der Waals surface area contributed by atoms with Crippen LogP contribution >= 0.6 is 11.3 Å². The lowest BCUT2D eigenvalue weighted by atomic mass is 10.1. The van der Waals surface area contributed by atoms with Crippen LogP contribution in [0.5, 0.6) is 0 Å². The van der Waals surface area contributed by atoms with Crippen LogP contribution in [0.1, 0.15) is 31.0 Å². The third-order valence-electron chi connectivity index (χ3n) is 5.67. The number of hydrogen-bond donors (Lipinski definition) is 1. The molecule has 0 aliphatic heterocycles. The van der Waals surface area contributed by atoms with Crippen LogP contribution < -0.4 is 14.5 Å². The van der Waals surface area contributed by atoms with Gasteiger partial charge < -0.3 is 5.32 Å². The Labute approximate surface area is 208 Å². The maximum atomic E-state index is 13.6. The van der Waals surface area contributed by atoms with Crippen molar-refractivity contribution in [1.82, 2.24) is 4.57 Å². The standard InChI is InChI=1S/C26H27N3O4S2/c1-17(2)29-22-13-12-20(15-24(22)34-26(29)31)27-25(30)16-28(23-14-18(3)10-11-19(23)4)35(32,33)21-8-6-5-7-9-21/h5-15,17H,16H2,1-4H3,(H,27,30). The Hall–Kier alpha value is -3.43. The van der Waals surface area contributed by atoms with Gasteiger partial charge in [0.2, 0.25) is 5.91 Å². The van der Waals surface area contributed by atoms with Crippen LogP contribution in [0.4, 0.5) is 11.4 Å². The number of anilines is 2. The minimum Gasteiger partial charge on any atom is -0.324 e.